The Morgan fingerprint density at radius 2 is 0.476 bits per heavy atom. The van der Waals surface area contributed by atoms with Crippen LogP contribution in [-0.2, 0) is 28.6 Å². The van der Waals surface area contributed by atoms with E-state index in [2.05, 4.69) is 81.5 Å². The first kappa shape index (κ1) is 79.1. The number of carbonyl (C=O) groups is 3. The Bertz CT molecular complexity index is 1460. The summed E-state index contributed by atoms with van der Waals surface area (Å²) < 4.78 is 17.0. The normalized spacial score (nSPS) is 12.4. The minimum absolute atomic E-state index is 0.0798. The molecule has 0 heterocycles. The molecule has 0 aliphatic rings. The Morgan fingerprint density at radius 1 is 0.256 bits per heavy atom. The molecule has 1 atom stereocenters. The fourth-order valence-electron chi connectivity index (χ4n) is 10.8. The Morgan fingerprint density at radius 3 is 0.756 bits per heavy atom. The van der Waals surface area contributed by atoms with Crippen LogP contribution in [-0.4, -0.2) is 37.2 Å². The second-order valence-electron chi connectivity index (χ2n) is 24.5. The maximum absolute atomic E-state index is 12.9. The molecule has 0 rings (SSSR count). The lowest BCUT2D eigenvalue weighted by molar-refractivity contribution is -0.167. The molecule has 0 fully saturated rings. The number of carbonyl (C=O) groups excluding carboxylic acids is 3. The summed E-state index contributed by atoms with van der Waals surface area (Å²) in [5.74, 6) is -0.883. The van der Waals surface area contributed by atoms with E-state index in [1.807, 2.05) is 0 Å². The molecule has 0 spiro atoms. The Hall–Kier alpha value is -2.89. The second-order valence-corrected chi connectivity index (χ2v) is 24.5. The zero-order valence-electron chi connectivity index (χ0n) is 55.0. The highest BCUT2D eigenvalue weighted by atomic mass is 16.6. The fraction of sp³-hybridized carbons (Fsp3) is 0.829. The highest BCUT2D eigenvalue weighted by Gasteiger charge is 2.19. The van der Waals surface area contributed by atoms with E-state index in [1.54, 1.807) is 0 Å². The number of hydrogen-bond donors (Lipinski definition) is 0. The summed E-state index contributed by atoms with van der Waals surface area (Å²) in [5, 5.41) is 0. The summed E-state index contributed by atoms with van der Waals surface area (Å²) in [5.41, 5.74) is 0. The quantitative estimate of drug-likeness (QED) is 0.0261. The number of rotatable bonds is 67. The van der Waals surface area contributed by atoms with Crippen LogP contribution in [0.1, 0.15) is 387 Å². The largest absolute Gasteiger partial charge is 0.462 e. The molecule has 1 unspecified atom stereocenters. The SMILES string of the molecule is CC/C=C\C/C=C\C/C=C\CCCCCCCC(=O)OCC(COC(=O)CCCCCCCCCCCCCCCCCCCCCCCCCCCCCCCCC)OC(=O)CCCCCCCCC/C=C\C/C=C\CCCCCC. The summed E-state index contributed by atoms with van der Waals surface area (Å²) >= 11 is 0. The standard InChI is InChI=1S/C76H138O6/c1-4-7-10-13-16-19-22-25-28-30-32-33-34-35-36-37-38-39-40-41-42-43-44-46-48-51-54-57-60-63-66-69-75(78)81-72-73(71-80-74(77)68-65-62-59-56-53-50-47-27-24-21-18-15-12-9-6-3)82-76(79)70-67-64-61-58-55-52-49-45-31-29-26-23-20-17-14-11-8-5-2/h9,12,18,20-21,23,27,29,31,47,73H,4-8,10-11,13-17,19,22,24-26,28,30,32-46,48-72H2,1-3H3/b12-9-,21-18-,23-20-,31-29-,47-27-. The highest BCUT2D eigenvalue weighted by Crippen LogP contribution is 2.19. The smallest absolute Gasteiger partial charge is 0.306 e. The lowest BCUT2D eigenvalue weighted by Crippen LogP contribution is -2.30. The van der Waals surface area contributed by atoms with Crippen LogP contribution in [0.5, 0.6) is 0 Å². The zero-order chi connectivity index (χ0) is 59.2. The lowest BCUT2D eigenvalue weighted by Gasteiger charge is -2.18. The number of ether oxygens (including phenoxy) is 3. The minimum Gasteiger partial charge on any atom is -0.462 e. The fourth-order valence-corrected chi connectivity index (χ4v) is 10.8. The highest BCUT2D eigenvalue weighted by molar-refractivity contribution is 5.71. The van der Waals surface area contributed by atoms with Crippen molar-refractivity contribution >= 4 is 17.9 Å². The maximum atomic E-state index is 12.9. The molecule has 0 saturated heterocycles. The second kappa shape index (κ2) is 70.6. The Labute approximate surface area is 510 Å². The third-order valence-electron chi connectivity index (χ3n) is 16.3. The third kappa shape index (κ3) is 67.9. The van der Waals surface area contributed by atoms with Gasteiger partial charge in [-0.05, 0) is 83.5 Å². The first-order valence-electron chi connectivity index (χ1n) is 36.3. The number of allylic oxidation sites excluding steroid dienone is 10. The average molecular weight is 1150 g/mol. The van der Waals surface area contributed by atoms with Crippen LogP contribution in [0.2, 0.25) is 0 Å². The molecule has 0 bridgehead atoms. The molecule has 0 amide bonds. The van der Waals surface area contributed by atoms with Crippen molar-refractivity contribution in [1.29, 1.82) is 0 Å². The van der Waals surface area contributed by atoms with Crippen molar-refractivity contribution in [3.63, 3.8) is 0 Å². The molecule has 0 aliphatic heterocycles. The molecule has 0 aromatic rings. The predicted molar refractivity (Wildman–Crippen MR) is 358 cm³/mol. The van der Waals surface area contributed by atoms with Gasteiger partial charge in [0.1, 0.15) is 13.2 Å². The van der Waals surface area contributed by atoms with E-state index in [0.717, 1.165) is 109 Å². The van der Waals surface area contributed by atoms with Crippen molar-refractivity contribution < 1.29 is 28.6 Å². The molecule has 0 aliphatic carbocycles. The molecule has 0 saturated carbocycles. The van der Waals surface area contributed by atoms with Crippen LogP contribution in [0, 0.1) is 0 Å². The van der Waals surface area contributed by atoms with Crippen LogP contribution < -0.4 is 0 Å². The molecule has 0 N–H and O–H groups in total. The van der Waals surface area contributed by atoms with Gasteiger partial charge in [-0.3, -0.25) is 14.4 Å². The Balaban J connectivity index is 4.19. The van der Waals surface area contributed by atoms with Gasteiger partial charge in [0.15, 0.2) is 6.10 Å². The topological polar surface area (TPSA) is 78.9 Å². The number of esters is 3. The van der Waals surface area contributed by atoms with Crippen LogP contribution >= 0.6 is 0 Å². The van der Waals surface area contributed by atoms with E-state index in [4.69, 9.17) is 14.2 Å². The zero-order valence-corrected chi connectivity index (χ0v) is 55.0. The van der Waals surface area contributed by atoms with Crippen LogP contribution in [0.3, 0.4) is 0 Å². The molecule has 6 nitrogen and oxygen atoms in total. The van der Waals surface area contributed by atoms with Gasteiger partial charge in [-0.25, -0.2) is 0 Å². The van der Waals surface area contributed by atoms with E-state index in [1.165, 1.54) is 238 Å². The van der Waals surface area contributed by atoms with E-state index >= 15 is 0 Å². The molecule has 0 radical (unpaired) electrons. The monoisotopic (exact) mass is 1150 g/mol. The first-order chi connectivity index (χ1) is 40.5. The van der Waals surface area contributed by atoms with E-state index < -0.39 is 6.10 Å². The van der Waals surface area contributed by atoms with E-state index in [0.29, 0.717) is 19.3 Å². The number of hydrogen-bond acceptors (Lipinski definition) is 6. The van der Waals surface area contributed by atoms with Crippen LogP contribution in [0.15, 0.2) is 60.8 Å². The molecule has 82 heavy (non-hydrogen) atoms. The van der Waals surface area contributed by atoms with Gasteiger partial charge >= 0.3 is 17.9 Å². The summed E-state index contributed by atoms with van der Waals surface area (Å²) in [7, 11) is 0. The lowest BCUT2D eigenvalue weighted by atomic mass is 10.0. The van der Waals surface area contributed by atoms with Crippen molar-refractivity contribution in [2.45, 2.75) is 393 Å². The van der Waals surface area contributed by atoms with Crippen LogP contribution in [0.25, 0.3) is 0 Å². The van der Waals surface area contributed by atoms with E-state index in [9.17, 15) is 14.4 Å². The van der Waals surface area contributed by atoms with Crippen molar-refractivity contribution in [3.8, 4) is 0 Å². The van der Waals surface area contributed by atoms with Crippen molar-refractivity contribution in [1.82, 2.24) is 0 Å². The van der Waals surface area contributed by atoms with Crippen molar-refractivity contribution in [2.75, 3.05) is 13.2 Å². The molecule has 6 heteroatoms. The third-order valence-corrected chi connectivity index (χ3v) is 16.3. The molecule has 0 aromatic heterocycles. The van der Waals surface area contributed by atoms with Gasteiger partial charge in [0, 0.05) is 19.3 Å². The van der Waals surface area contributed by atoms with Gasteiger partial charge in [-0.15, -0.1) is 0 Å². The van der Waals surface area contributed by atoms with Gasteiger partial charge in [-0.1, -0.05) is 345 Å². The van der Waals surface area contributed by atoms with Crippen LogP contribution in [0.4, 0.5) is 0 Å². The summed E-state index contributed by atoms with van der Waals surface area (Å²) in [6, 6.07) is 0. The first-order valence-corrected chi connectivity index (χ1v) is 36.3. The number of unbranched alkanes of at least 4 members (excludes halogenated alkanes) is 46. The van der Waals surface area contributed by atoms with Gasteiger partial charge in [-0.2, -0.15) is 0 Å². The molecule has 0 aromatic carbocycles. The summed E-state index contributed by atoms with van der Waals surface area (Å²) in [4.78, 5) is 38.4. The minimum atomic E-state index is -0.786. The maximum Gasteiger partial charge on any atom is 0.306 e. The van der Waals surface area contributed by atoms with Gasteiger partial charge in [0.25, 0.3) is 0 Å². The van der Waals surface area contributed by atoms with Crippen molar-refractivity contribution in [2.24, 2.45) is 0 Å². The van der Waals surface area contributed by atoms with E-state index in [-0.39, 0.29) is 31.1 Å². The van der Waals surface area contributed by atoms with Gasteiger partial charge in [0.2, 0.25) is 0 Å². The Kier molecular flexibility index (Phi) is 68.1. The summed E-state index contributed by atoms with van der Waals surface area (Å²) in [6.07, 6.45) is 91.3. The van der Waals surface area contributed by atoms with Crippen molar-refractivity contribution in [3.05, 3.63) is 60.8 Å². The van der Waals surface area contributed by atoms with Gasteiger partial charge in [0.05, 0.1) is 0 Å². The van der Waals surface area contributed by atoms with Gasteiger partial charge < -0.3 is 14.2 Å². The molecular weight excluding hydrogens is 1010 g/mol. The molecule has 478 valence electrons. The predicted octanol–water partition coefficient (Wildman–Crippen LogP) is 25.1. The summed E-state index contributed by atoms with van der Waals surface area (Å²) in [6.45, 7) is 6.55. The average Bonchev–Trinajstić information content (AvgIpc) is 3.47. The molecular formula is C76H138O6.